The third kappa shape index (κ3) is 4.18. The van der Waals surface area contributed by atoms with Crippen LogP contribution in [0.4, 0.5) is 11.4 Å². The van der Waals surface area contributed by atoms with E-state index in [0.717, 1.165) is 0 Å². The van der Waals surface area contributed by atoms with Crippen LogP contribution in [0.5, 0.6) is 11.5 Å². The van der Waals surface area contributed by atoms with Gasteiger partial charge >= 0.3 is 11.9 Å². The first-order chi connectivity index (χ1) is 12.5. The highest BCUT2D eigenvalue weighted by Gasteiger charge is 2.13. The van der Waals surface area contributed by atoms with Crippen LogP contribution in [0, 0.1) is 0 Å². The normalized spacial score (nSPS) is 10.2. The quantitative estimate of drug-likeness (QED) is 0.426. The molecule has 0 aromatic heterocycles. The molecule has 26 heavy (non-hydrogen) atoms. The van der Waals surface area contributed by atoms with Crippen LogP contribution in [0.1, 0.15) is 20.7 Å². The molecule has 3 rings (SSSR count). The number of hydrogen-bond acceptors (Lipinski definition) is 6. The lowest BCUT2D eigenvalue weighted by atomic mass is 10.2. The average Bonchev–Trinajstić information content (AvgIpc) is 2.64. The molecule has 0 aliphatic heterocycles. The van der Waals surface area contributed by atoms with Gasteiger partial charge < -0.3 is 20.9 Å². The largest absolute Gasteiger partial charge is 0.423 e. The Morgan fingerprint density at radius 3 is 1.81 bits per heavy atom. The lowest BCUT2D eigenvalue weighted by Crippen LogP contribution is -2.11. The van der Waals surface area contributed by atoms with Gasteiger partial charge in [0.05, 0.1) is 11.1 Å². The summed E-state index contributed by atoms with van der Waals surface area (Å²) in [5, 5.41) is 0. The molecule has 0 heterocycles. The Kier molecular flexibility index (Phi) is 4.85. The number of rotatable bonds is 4. The molecule has 0 saturated carbocycles. The summed E-state index contributed by atoms with van der Waals surface area (Å²) >= 11 is 0. The number of nitrogen functional groups attached to an aromatic ring is 2. The Bertz CT molecular complexity index is 935. The number of carbonyl (C=O) groups is 2. The summed E-state index contributed by atoms with van der Waals surface area (Å²) in [5.74, 6) is -0.513. The van der Waals surface area contributed by atoms with Gasteiger partial charge in [-0.05, 0) is 66.7 Å². The summed E-state index contributed by atoms with van der Waals surface area (Å²) in [5.41, 5.74) is 12.9. The van der Waals surface area contributed by atoms with Crippen LogP contribution >= 0.6 is 0 Å². The van der Waals surface area contributed by atoms with Crippen molar-refractivity contribution >= 4 is 23.3 Å². The highest BCUT2D eigenvalue weighted by atomic mass is 16.5. The van der Waals surface area contributed by atoms with Crippen LogP contribution in [-0.4, -0.2) is 11.9 Å². The van der Waals surface area contributed by atoms with Gasteiger partial charge in [-0.3, -0.25) is 0 Å². The lowest BCUT2D eigenvalue weighted by Gasteiger charge is -2.07. The van der Waals surface area contributed by atoms with E-state index in [1.165, 1.54) is 6.07 Å². The molecule has 0 amide bonds. The maximum Gasteiger partial charge on any atom is 0.343 e. The Morgan fingerprint density at radius 2 is 1.15 bits per heavy atom. The van der Waals surface area contributed by atoms with E-state index in [-0.39, 0.29) is 11.3 Å². The third-order valence-corrected chi connectivity index (χ3v) is 3.52. The van der Waals surface area contributed by atoms with Crippen LogP contribution in [-0.2, 0) is 0 Å². The van der Waals surface area contributed by atoms with Crippen LogP contribution < -0.4 is 20.9 Å². The van der Waals surface area contributed by atoms with Crippen molar-refractivity contribution in [3.63, 3.8) is 0 Å². The fourth-order valence-corrected chi connectivity index (χ4v) is 2.17. The number of anilines is 2. The van der Waals surface area contributed by atoms with E-state index in [4.69, 9.17) is 20.9 Å². The summed E-state index contributed by atoms with van der Waals surface area (Å²) in [6.07, 6.45) is 0. The second-order valence-corrected chi connectivity index (χ2v) is 5.50. The van der Waals surface area contributed by atoms with Crippen molar-refractivity contribution in [2.24, 2.45) is 0 Å². The molecule has 6 heteroatoms. The van der Waals surface area contributed by atoms with E-state index < -0.39 is 11.9 Å². The fourth-order valence-electron chi connectivity index (χ4n) is 2.17. The minimum Gasteiger partial charge on any atom is -0.423 e. The van der Waals surface area contributed by atoms with Crippen molar-refractivity contribution in [2.75, 3.05) is 11.5 Å². The third-order valence-electron chi connectivity index (χ3n) is 3.52. The predicted octanol–water partition coefficient (Wildman–Crippen LogP) is 3.29. The second-order valence-electron chi connectivity index (χ2n) is 5.50. The van der Waals surface area contributed by atoms with Gasteiger partial charge in [-0.2, -0.15) is 0 Å². The second kappa shape index (κ2) is 7.40. The monoisotopic (exact) mass is 348 g/mol. The fraction of sp³-hybridized carbons (Fsp3) is 0. The van der Waals surface area contributed by atoms with Crippen LogP contribution in [0.2, 0.25) is 0 Å². The maximum atomic E-state index is 12.2. The number of esters is 2. The molecule has 0 saturated heterocycles. The molecule has 3 aromatic carbocycles. The van der Waals surface area contributed by atoms with Crippen molar-refractivity contribution in [3.8, 4) is 11.5 Å². The van der Waals surface area contributed by atoms with E-state index in [2.05, 4.69) is 0 Å². The van der Waals surface area contributed by atoms with Crippen molar-refractivity contribution in [3.05, 3.63) is 83.9 Å². The van der Waals surface area contributed by atoms with E-state index in [1.807, 2.05) is 0 Å². The van der Waals surface area contributed by atoms with Crippen LogP contribution in [0.15, 0.2) is 72.8 Å². The highest BCUT2D eigenvalue weighted by molar-refractivity contribution is 5.93. The van der Waals surface area contributed by atoms with Gasteiger partial charge in [-0.1, -0.05) is 6.07 Å². The summed E-state index contributed by atoms with van der Waals surface area (Å²) in [7, 11) is 0. The molecule has 0 fully saturated rings. The first-order valence-electron chi connectivity index (χ1n) is 7.77. The minimum atomic E-state index is -0.569. The highest BCUT2D eigenvalue weighted by Crippen LogP contribution is 2.19. The molecule has 6 nitrogen and oxygen atoms in total. The Balaban J connectivity index is 1.71. The molecule has 0 bridgehead atoms. The Hall–Kier alpha value is -3.80. The van der Waals surface area contributed by atoms with E-state index in [1.54, 1.807) is 66.7 Å². The zero-order valence-corrected chi connectivity index (χ0v) is 13.7. The lowest BCUT2D eigenvalue weighted by molar-refractivity contribution is 0.0714. The molecular weight excluding hydrogens is 332 g/mol. The first-order valence-corrected chi connectivity index (χ1v) is 7.77. The number of nitrogens with two attached hydrogens (primary N) is 2. The molecule has 0 radical (unpaired) electrons. The van der Waals surface area contributed by atoms with E-state index in [9.17, 15) is 9.59 Å². The molecule has 3 aromatic rings. The molecule has 0 atom stereocenters. The molecule has 0 aliphatic carbocycles. The van der Waals surface area contributed by atoms with Gasteiger partial charge in [0.1, 0.15) is 11.5 Å². The standard InChI is InChI=1S/C20H16N2O4/c21-15-6-4-13(5-7-15)19(23)26-18-3-1-2-14(12-18)20(24)25-17-10-8-16(22)9-11-17/h1-12H,21-22H2. The van der Waals surface area contributed by atoms with Crippen LogP contribution in [0.25, 0.3) is 0 Å². The smallest absolute Gasteiger partial charge is 0.343 e. The minimum absolute atomic E-state index is 0.235. The van der Waals surface area contributed by atoms with Gasteiger partial charge in [-0.25, -0.2) is 9.59 Å². The number of hydrogen-bond donors (Lipinski definition) is 2. The van der Waals surface area contributed by atoms with Crippen molar-refractivity contribution < 1.29 is 19.1 Å². The molecule has 130 valence electrons. The van der Waals surface area contributed by atoms with Gasteiger partial charge in [-0.15, -0.1) is 0 Å². The number of ether oxygens (including phenoxy) is 2. The number of carbonyl (C=O) groups excluding carboxylic acids is 2. The van der Waals surface area contributed by atoms with Gasteiger partial charge in [0.15, 0.2) is 0 Å². The molecule has 4 N–H and O–H groups in total. The van der Waals surface area contributed by atoms with Crippen molar-refractivity contribution in [2.45, 2.75) is 0 Å². The molecule has 0 spiro atoms. The zero-order chi connectivity index (χ0) is 18.5. The van der Waals surface area contributed by atoms with Gasteiger partial charge in [0.2, 0.25) is 0 Å². The van der Waals surface area contributed by atoms with Gasteiger partial charge in [0, 0.05) is 11.4 Å². The average molecular weight is 348 g/mol. The summed E-state index contributed by atoms with van der Waals surface area (Å²) in [6.45, 7) is 0. The number of benzene rings is 3. The van der Waals surface area contributed by atoms with Crippen molar-refractivity contribution in [1.82, 2.24) is 0 Å². The van der Waals surface area contributed by atoms with Crippen LogP contribution in [0.3, 0.4) is 0 Å². The molecule has 0 aliphatic rings. The summed E-state index contributed by atoms with van der Waals surface area (Å²) < 4.78 is 10.6. The molecular formula is C20H16N2O4. The summed E-state index contributed by atoms with van der Waals surface area (Å²) in [6, 6.07) is 19.0. The topological polar surface area (TPSA) is 105 Å². The zero-order valence-electron chi connectivity index (χ0n) is 13.7. The maximum absolute atomic E-state index is 12.2. The Morgan fingerprint density at radius 1 is 0.615 bits per heavy atom. The molecule has 0 unspecified atom stereocenters. The van der Waals surface area contributed by atoms with Crippen molar-refractivity contribution in [1.29, 1.82) is 0 Å². The van der Waals surface area contributed by atoms with E-state index in [0.29, 0.717) is 22.7 Å². The van der Waals surface area contributed by atoms with Gasteiger partial charge in [0.25, 0.3) is 0 Å². The van der Waals surface area contributed by atoms with E-state index >= 15 is 0 Å². The Labute approximate surface area is 150 Å². The summed E-state index contributed by atoms with van der Waals surface area (Å²) in [4.78, 5) is 24.4. The predicted molar refractivity (Wildman–Crippen MR) is 98.1 cm³/mol. The first kappa shape index (κ1) is 17.0. The SMILES string of the molecule is Nc1ccc(OC(=O)c2cccc(OC(=O)c3ccc(N)cc3)c2)cc1.